The molecule has 2 heterocycles. The summed E-state index contributed by atoms with van der Waals surface area (Å²) in [5, 5.41) is 13.3. The number of hydrogen-bond donors (Lipinski definition) is 0. The van der Waals surface area contributed by atoms with E-state index in [1.807, 2.05) is 30.3 Å². The van der Waals surface area contributed by atoms with E-state index in [0.717, 1.165) is 18.5 Å². The van der Waals surface area contributed by atoms with Crippen molar-refractivity contribution in [2.24, 2.45) is 0 Å². The summed E-state index contributed by atoms with van der Waals surface area (Å²) < 4.78 is 1.67. The summed E-state index contributed by atoms with van der Waals surface area (Å²) in [6.07, 6.45) is 4.92. The number of carbonyl (C=O) groups is 1. The van der Waals surface area contributed by atoms with Crippen LogP contribution in [-0.2, 0) is 0 Å². The molecule has 0 bridgehead atoms. The van der Waals surface area contributed by atoms with Crippen molar-refractivity contribution in [3.63, 3.8) is 0 Å². The van der Waals surface area contributed by atoms with E-state index in [0.29, 0.717) is 12.1 Å². The Morgan fingerprint density at radius 1 is 1.35 bits per heavy atom. The molecule has 0 radical (unpaired) electrons. The second kappa shape index (κ2) is 5.17. The highest BCUT2D eigenvalue weighted by Gasteiger charge is 2.29. The van der Waals surface area contributed by atoms with Crippen molar-refractivity contribution in [2.75, 3.05) is 6.54 Å². The van der Waals surface area contributed by atoms with Gasteiger partial charge in [0.15, 0.2) is 0 Å². The fourth-order valence-electron chi connectivity index (χ4n) is 2.46. The van der Waals surface area contributed by atoms with Crippen molar-refractivity contribution in [3.8, 4) is 11.8 Å². The number of rotatable bonds is 2. The van der Waals surface area contributed by atoms with Crippen LogP contribution in [0.15, 0.2) is 42.7 Å². The zero-order chi connectivity index (χ0) is 13.9. The van der Waals surface area contributed by atoms with Gasteiger partial charge in [-0.15, -0.1) is 0 Å². The van der Waals surface area contributed by atoms with Crippen molar-refractivity contribution < 1.29 is 4.79 Å². The Morgan fingerprint density at radius 3 is 2.90 bits per heavy atom. The van der Waals surface area contributed by atoms with E-state index >= 15 is 0 Å². The lowest BCUT2D eigenvalue weighted by Crippen LogP contribution is -2.34. The molecule has 20 heavy (non-hydrogen) atoms. The van der Waals surface area contributed by atoms with E-state index in [1.54, 1.807) is 22.0 Å². The fraction of sp³-hybridized carbons (Fsp3) is 0.267. The average molecular weight is 266 g/mol. The molecule has 1 amide bonds. The predicted molar refractivity (Wildman–Crippen MR) is 73.2 cm³/mol. The molecule has 100 valence electrons. The number of nitrogens with zero attached hydrogens (tertiary/aromatic N) is 4. The molecule has 1 aromatic heterocycles. The maximum Gasteiger partial charge on any atom is 0.258 e. The van der Waals surface area contributed by atoms with Crippen LogP contribution >= 0.6 is 0 Å². The van der Waals surface area contributed by atoms with Crippen LogP contribution in [0, 0.1) is 11.3 Å². The summed E-state index contributed by atoms with van der Waals surface area (Å²) in [6, 6.07) is 11.5. The highest BCUT2D eigenvalue weighted by molar-refractivity contribution is 5.94. The number of aromatic nitrogens is 2. The SMILES string of the molecule is N#CC1CCCN1C(=O)c1cnn(-c2ccccc2)c1. The van der Waals surface area contributed by atoms with Crippen molar-refractivity contribution in [3.05, 3.63) is 48.3 Å². The zero-order valence-corrected chi connectivity index (χ0v) is 10.9. The van der Waals surface area contributed by atoms with E-state index in [9.17, 15) is 4.79 Å². The number of hydrogen-bond acceptors (Lipinski definition) is 3. The molecule has 5 heteroatoms. The third-order valence-electron chi connectivity index (χ3n) is 3.51. The molecule has 3 rings (SSSR count). The fourth-order valence-corrected chi connectivity index (χ4v) is 2.46. The Labute approximate surface area is 117 Å². The third-order valence-corrected chi connectivity index (χ3v) is 3.51. The molecule has 0 N–H and O–H groups in total. The van der Waals surface area contributed by atoms with Crippen LogP contribution in [0.25, 0.3) is 5.69 Å². The first kappa shape index (κ1) is 12.4. The number of amides is 1. The number of nitriles is 1. The highest BCUT2D eigenvalue weighted by atomic mass is 16.2. The van der Waals surface area contributed by atoms with Crippen LogP contribution in [0.4, 0.5) is 0 Å². The number of likely N-dealkylation sites (tertiary alicyclic amines) is 1. The Balaban J connectivity index is 1.84. The van der Waals surface area contributed by atoms with Gasteiger partial charge in [0.2, 0.25) is 0 Å². The standard InChI is InChI=1S/C15H14N4O/c16-9-14-7-4-8-18(14)15(20)12-10-17-19(11-12)13-5-2-1-3-6-13/h1-3,5-6,10-11,14H,4,7-8H2. The van der Waals surface area contributed by atoms with Gasteiger partial charge in [-0.1, -0.05) is 18.2 Å². The Morgan fingerprint density at radius 2 is 2.15 bits per heavy atom. The Hall–Kier alpha value is -2.61. The van der Waals surface area contributed by atoms with Crippen molar-refractivity contribution >= 4 is 5.91 Å². The molecule has 0 saturated carbocycles. The first-order valence-electron chi connectivity index (χ1n) is 6.60. The molecule has 1 aromatic carbocycles. The molecule has 1 fully saturated rings. The summed E-state index contributed by atoms with van der Waals surface area (Å²) >= 11 is 0. The zero-order valence-electron chi connectivity index (χ0n) is 10.9. The van der Waals surface area contributed by atoms with Gasteiger partial charge in [0.05, 0.1) is 23.5 Å². The third kappa shape index (κ3) is 2.16. The number of para-hydroxylation sites is 1. The van der Waals surface area contributed by atoms with E-state index < -0.39 is 0 Å². The number of carbonyl (C=O) groups excluding carboxylic acids is 1. The van der Waals surface area contributed by atoms with Gasteiger partial charge in [0.1, 0.15) is 6.04 Å². The normalized spacial score (nSPS) is 17.9. The van der Waals surface area contributed by atoms with Gasteiger partial charge in [-0.2, -0.15) is 10.4 Å². The maximum absolute atomic E-state index is 12.4. The lowest BCUT2D eigenvalue weighted by atomic mass is 10.2. The summed E-state index contributed by atoms with van der Waals surface area (Å²) in [4.78, 5) is 14.0. The minimum Gasteiger partial charge on any atom is -0.323 e. The highest BCUT2D eigenvalue weighted by Crippen LogP contribution is 2.19. The van der Waals surface area contributed by atoms with Crippen molar-refractivity contribution in [2.45, 2.75) is 18.9 Å². The van der Waals surface area contributed by atoms with Gasteiger partial charge in [0, 0.05) is 12.7 Å². The lowest BCUT2D eigenvalue weighted by molar-refractivity contribution is 0.0765. The van der Waals surface area contributed by atoms with E-state index in [-0.39, 0.29) is 11.9 Å². The van der Waals surface area contributed by atoms with E-state index in [4.69, 9.17) is 5.26 Å². The summed E-state index contributed by atoms with van der Waals surface area (Å²) in [7, 11) is 0. The Kier molecular flexibility index (Phi) is 3.21. The molecule has 1 aliphatic heterocycles. The van der Waals surface area contributed by atoms with Crippen molar-refractivity contribution in [1.29, 1.82) is 5.26 Å². The van der Waals surface area contributed by atoms with E-state index in [1.165, 1.54) is 0 Å². The van der Waals surface area contributed by atoms with Gasteiger partial charge in [-0.05, 0) is 25.0 Å². The molecule has 2 aromatic rings. The van der Waals surface area contributed by atoms with Crippen LogP contribution in [0.5, 0.6) is 0 Å². The second-order valence-corrected chi connectivity index (χ2v) is 4.79. The quantitative estimate of drug-likeness (QED) is 0.835. The van der Waals surface area contributed by atoms with Crippen LogP contribution in [-0.4, -0.2) is 33.2 Å². The Bertz CT molecular complexity index is 656. The smallest absolute Gasteiger partial charge is 0.258 e. The minimum atomic E-state index is -0.303. The van der Waals surface area contributed by atoms with Gasteiger partial charge in [-0.3, -0.25) is 4.79 Å². The average Bonchev–Trinajstić information content (AvgIpc) is 3.16. The van der Waals surface area contributed by atoms with Crippen LogP contribution in [0.1, 0.15) is 23.2 Å². The van der Waals surface area contributed by atoms with Gasteiger partial charge >= 0.3 is 0 Å². The summed E-state index contributed by atoms with van der Waals surface area (Å²) in [6.45, 7) is 0.646. The second-order valence-electron chi connectivity index (χ2n) is 4.79. The number of benzene rings is 1. The molecular formula is C15H14N4O. The monoisotopic (exact) mass is 266 g/mol. The molecular weight excluding hydrogens is 252 g/mol. The lowest BCUT2D eigenvalue weighted by Gasteiger charge is -2.18. The molecule has 1 unspecified atom stereocenters. The summed E-state index contributed by atoms with van der Waals surface area (Å²) in [5.41, 5.74) is 1.43. The largest absolute Gasteiger partial charge is 0.323 e. The molecule has 1 saturated heterocycles. The van der Waals surface area contributed by atoms with Gasteiger partial charge in [-0.25, -0.2) is 4.68 Å². The molecule has 0 aliphatic carbocycles. The maximum atomic E-state index is 12.4. The molecule has 1 aliphatic rings. The molecule has 5 nitrogen and oxygen atoms in total. The van der Waals surface area contributed by atoms with Gasteiger partial charge < -0.3 is 4.90 Å². The topological polar surface area (TPSA) is 61.9 Å². The van der Waals surface area contributed by atoms with Crippen LogP contribution < -0.4 is 0 Å². The van der Waals surface area contributed by atoms with Gasteiger partial charge in [0.25, 0.3) is 5.91 Å². The first-order valence-corrected chi connectivity index (χ1v) is 6.60. The van der Waals surface area contributed by atoms with Crippen molar-refractivity contribution in [1.82, 2.24) is 14.7 Å². The predicted octanol–water partition coefficient (Wildman–Crippen LogP) is 2.00. The van der Waals surface area contributed by atoms with E-state index in [2.05, 4.69) is 11.2 Å². The first-order chi connectivity index (χ1) is 9.79. The minimum absolute atomic E-state index is 0.115. The molecule has 0 spiro atoms. The summed E-state index contributed by atoms with van der Waals surface area (Å²) in [5.74, 6) is -0.115. The van der Waals surface area contributed by atoms with Crippen LogP contribution in [0.2, 0.25) is 0 Å². The molecule has 1 atom stereocenters. The van der Waals surface area contributed by atoms with Crippen LogP contribution in [0.3, 0.4) is 0 Å².